The maximum Gasteiger partial charge on any atom is 0.309 e. The summed E-state index contributed by atoms with van der Waals surface area (Å²) in [7, 11) is 0. The Hall–Kier alpha value is -1.39. The third-order valence-electron chi connectivity index (χ3n) is 4.61. The van der Waals surface area contributed by atoms with Crippen molar-refractivity contribution in [3.63, 3.8) is 0 Å². The number of aliphatic hydroxyl groups is 1. The first-order valence-corrected chi connectivity index (χ1v) is 8.96. The highest BCUT2D eigenvalue weighted by Gasteiger charge is 2.30. The van der Waals surface area contributed by atoms with E-state index in [0.29, 0.717) is 12.6 Å². The molecule has 0 aliphatic heterocycles. The van der Waals surface area contributed by atoms with Gasteiger partial charge in [-0.15, -0.1) is 0 Å². The van der Waals surface area contributed by atoms with Crippen LogP contribution in [0.5, 0.6) is 0 Å². The van der Waals surface area contributed by atoms with E-state index >= 15 is 0 Å². The molecule has 1 fully saturated rings. The van der Waals surface area contributed by atoms with Gasteiger partial charge in [0.15, 0.2) is 0 Å². The Bertz CT molecular complexity index is 542. The number of hydrogen-bond donors (Lipinski definition) is 2. The van der Waals surface area contributed by atoms with Gasteiger partial charge in [0.05, 0.1) is 12.0 Å². The molecule has 1 atom stereocenters. The van der Waals surface area contributed by atoms with Gasteiger partial charge >= 0.3 is 5.97 Å². The molecule has 0 radical (unpaired) electrons. The zero-order chi connectivity index (χ0) is 17.7. The van der Waals surface area contributed by atoms with Crippen molar-refractivity contribution >= 4 is 5.97 Å². The number of benzene rings is 1. The standard InChI is InChI=1S/C20H31NO3/c1-14-7-5-6-8-17(14)18(22)13-21-16-11-9-15(10-12-16)19(23)24-20(2,3)4/h5-8,15-16,18,21-22H,9-13H2,1-4H3. The van der Waals surface area contributed by atoms with Crippen molar-refractivity contribution in [3.05, 3.63) is 35.4 Å². The number of hydrogen-bond acceptors (Lipinski definition) is 4. The molecule has 0 spiro atoms. The van der Waals surface area contributed by atoms with Gasteiger partial charge in [-0.2, -0.15) is 0 Å². The molecule has 0 heterocycles. The van der Waals surface area contributed by atoms with Gasteiger partial charge in [-0.1, -0.05) is 24.3 Å². The Balaban J connectivity index is 1.75. The average molecular weight is 333 g/mol. The van der Waals surface area contributed by atoms with Crippen molar-refractivity contribution in [3.8, 4) is 0 Å². The highest BCUT2D eigenvalue weighted by molar-refractivity contribution is 5.73. The fourth-order valence-corrected chi connectivity index (χ4v) is 3.27. The van der Waals surface area contributed by atoms with Gasteiger partial charge in [0.1, 0.15) is 5.60 Å². The van der Waals surface area contributed by atoms with Gasteiger partial charge in [0, 0.05) is 12.6 Å². The number of nitrogens with one attached hydrogen (secondary N) is 1. The largest absolute Gasteiger partial charge is 0.460 e. The van der Waals surface area contributed by atoms with E-state index in [-0.39, 0.29) is 11.9 Å². The Labute approximate surface area is 145 Å². The molecule has 0 saturated heterocycles. The predicted molar refractivity (Wildman–Crippen MR) is 95.7 cm³/mol. The van der Waals surface area contributed by atoms with Crippen LogP contribution < -0.4 is 5.32 Å². The van der Waals surface area contributed by atoms with Gasteiger partial charge in [-0.3, -0.25) is 4.79 Å². The van der Waals surface area contributed by atoms with E-state index in [0.717, 1.165) is 36.8 Å². The molecule has 1 aromatic rings. The summed E-state index contributed by atoms with van der Waals surface area (Å²) in [5.41, 5.74) is 1.68. The lowest BCUT2D eigenvalue weighted by Gasteiger charge is -2.31. The van der Waals surface area contributed by atoms with Crippen LogP contribution in [0.1, 0.15) is 63.7 Å². The Morgan fingerprint density at radius 1 is 1.25 bits per heavy atom. The summed E-state index contributed by atoms with van der Waals surface area (Å²) >= 11 is 0. The third kappa shape index (κ3) is 5.60. The van der Waals surface area contributed by atoms with Gasteiger partial charge in [0.2, 0.25) is 0 Å². The molecular weight excluding hydrogens is 302 g/mol. The van der Waals surface area contributed by atoms with E-state index in [1.807, 2.05) is 52.0 Å². The lowest BCUT2D eigenvalue weighted by Crippen LogP contribution is -2.38. The Morgan fingerprint density at radius 2 is 1.88 bits per heavy atom. The van der Waals surface area contributed by atoms with Crippen LogP contribution in [0.2, 0.25) is 0 Å². The van der Waals surface area contributed by atoms with Gasteiger partial charge in [-0.05, 0) is 64.5 Å². The van der Waals surface area contributed by atoms with Crippen LogP contribution in [0, 0.1) is 12.8 Å². The molecular formula is C20H31NO3. The highest BCUT2D eigenvalue weighted by atomic mass is 16.6. The van der Waals surface area contributed by atoms with E-state index in [2.05, 4.69) is 5.32 Å². The lowest BCUT2D eigenvalue weighted by atomic mass is 9.86. The SMILES string of the molecule is Cc1ccccc1C(O)CNC1CCC(C(=O)OC(C)(C)C)CC1. The summed E-state index contributed by atoms with van der Waals surface area (Å²) in [6, 6.07) is 8.29. The summed E-state index contributed by atoms with van der Waals surface area (Å²) in [5, 5.41) is 13.8. The molecule has 1 aromatic carbocycles. The number of rotatable bonds is 5. The highest BCUT2D eigenvalue weighted by Crippen LogP contribution is 2.27. The summed E-state index contributed by atoms with van der Waals surface area (Å²) in [5.74, 6) is -0.0514. The topological polar surface area (TPSA) is 58.6 Å². The van der Waals surface area contributed by atoms with E-state index in [4.69, 9.17) is 4.74 Å². The van der Waals surface area contributed by atoms with E-state index in [9.17, 15) is 9.90 Å². The smallest absolute Gasteiger partial charge is 0.309 e. The van der Waals surface area contributed by atoms with Crippen molar-refractivity contribution in [2.45, 2.75) is 71.1 Å². The first-order chi connectivity index (χ1) is 11.3. The van der Waals surface area contributed by atoms with E-state index < -0.39 is 11.7 Å². The van der Waals surface area contributed by atoms with Gasteiger partial charge < -0.3 is 15.2 Å². The molecule has 1 unspecified atom stereocenters. The van der Waals surface area contributed by atoms with Gasteiger partial charge in [-0.25, -0.2) is 0 Å². The van der Waals surface area contributed by atoms with Crippen molar-refractivity contribution in [2.24, 2.45) is 5.92 Å². The van der Waals surface area contributed by atoms with Crippen LogP contribution in [-0.4, -0.2) is 29.3 Å². The minimum Gasteiger partial charge on any atom is -0.460 e. The van der Waals surface area contributed by atoms with Crippen LogP contribution in [0.4, 0.5) is 0 Å². The predicted octanol–water partition coefficient (Wildman–Crippen LogP) is 3.52. The van der Waals surface area contributed by atoms with Crippen LogP contribution in [0.15, 0.2) is 24.3 Å². The first kappa shape index (κ1) is 18.9. The Morgan fingerprint density at radius 3 is 2.46 bits per heavy atom. The number of aryl methyl sites for hydroxylation is 1. The number of carbonyl (C=O) groups excluding carboxylic acids is 1. The van der Waals surface area contributed by atoms with Crippen molar-refractivity contribution in [2.75, 3.05) is 6.54 Å². The molecule has 24 heavy (non-hydrogen) atoms. The zero-order valence-electron chi connectivity index (χ0n) is 15.3. The summed E-state index contributed by atoms with van der Waals surface area (Å²) < 4.78 is 5.48. The minimum absolute atomic E-state index is 0.0172. The second-order valence-electron chi connectivity index (χ2n) is 7.86. The normalized spacial score (nSPS) is 22.9. The molecule has 0 aromatic heterocycles. The first-order valence-electron chi connectivity index (χ1n) is 8.96. The van der Waals surface area contributed by atoms with Crippen LogP contribution >= 0.6 is 0 Å². The lowest BCUT2D eigenvalue weighted by molar-refractivity contribution is -0.161. The molecule has 0 amide bonds. The molecule has 4 heteroatoms. The molecule has 1 aliphatic rings. The Kier molecular flexibility index (Phi) is 6.41. The van der Waals surface area contributed by atoms with Gasteiger partial charge in [0.25, 0.3) is 0 Å². The fraction of sp³-hybridized carbons (Fsp3) is 0.650. The van der Waals surface area contributed by atoms with Crippen molar-refractivity contribution in [1.82, 2.24) is 5.32 Å². The van der Waals surface area contributed by atoms with Crippen LogP contribution in [0.25, 0.3) is 0 Å². The second kappa shape index (κ2) is 8.13. The molecule has 1 aliphatic carbocycles. The van der Waals surface area contributed by atoms with Crippen molar-refractivity contribution in [1.29, 1.82) is 0 Å². The monoisotopic (exact) mass is 333 g/mol. The molecule has 134 valence electrons. The summed E-state index contributed by atoms with van der Waals surface area (Å²) in [6.45, 7) is 8.29. The molecule has 4 nitrogen and oxygen atoms in total. The van der Waals surface area contributed by atoms with E-state index in [1.165, 1.54) is 0 Å². The molecule has 2 rings (SSSR count). The number of esters is 1. The van der Waals surface area contributed by atoms with Crippen molar-refractivity contribution < 1.29 is 14.6 Å². The fourth-order valence-electron chi connectivity index (χ4n) is 3.27. The third-order valence-corrected chi connectivity index (χ3v) is 4.61. The number of carbonyl (C=O) groups is 1. The maximum atomic E-state index is 12.1. The van der Waals surface area contributed by atoms with E-state index in [1.54, 1.807) is 0 Å². The second-order valence-corrected chi connectivity index (χ2v) is 7.86. The molecule has 0 bridgehead atoms. The maximum absolute atomic E-state index is 12.1. The zero-order valence-corrected chi connectivity index (χ0v) is 15.3. The molecule has 1 saturated carbocycles. The average Bonchev–Trinajstić information content (AvgIpc) is 2.52. The quantitative estimate of drug-likeness (QED) is 0.810. The minimum atomic E-state index is -0.491. The summed E-state index contributed by atoms with van der Waals surface area (Å²) in [4.78, 5) is 12.1. The molecule has 2 N–H and O–H groups in total. The summed E-state index contributed by atoms with van der Waals surface area (Å²) in [6.07, 6.45) is 3.12. The number of ether oxygens (including phenoxy) is 1. The number of aliphatic hydroxyl groups excluding tert-OH is 1. The van der Waals surface area contributed by atoms with Crippen LogP contribution in [-0.2, 0) is 9.53 Å². The van der Waals surface area contributed by atoms with Crippen LogP contribution in [0.3, 0.4) is 0 Å².